The lowest BCUT2D eigenvalue weighted by Gasteiger charge is -2.27. The SMILES string of the molecule is CC(C)CNCc1ccc(OC2CCC(C)CC2)c(F)c1. The van der Waals surface area contributed by atoms with E-state index in [1.54, 1.807) is 12.1 Å². The van der Waals surface area contributed by atoms with Crippen LogP contribution in [0.3, 0.4) is 0 Å². The molecule has 1 N–H and O–H groups in total. The van der Waals surface area contributed by atoms with Gasteiger partial charge in [-0.25, -0.2) is 4.39 Å². The summed E-state index contributed by atoms with van der Waals surface area (Å²) in [6.45, 7) is 8.25. The van der Waals surface area contributed by atoms with Crippen molar-refractivity contribution in [1.29, 1.82) is 0 Å². The number of hydrogen-bond acceptors (Lipinski definition) is 2. The van der Waals surface area contributed by atoms with Crippen molar-refractivity contribution in [3.8, 4) is 5.75 Å². The van der Waals surface area contributed by atoms with Crippen molar-refractivity contribution < 1.29 is 9.13 Å². The van der Waals surface area contributed by atoms with Crippen LogP contribution in [-0.4, -0.2) is 12.6 Å². The smallest absolute Gasteiger partial charge is 0.165 e. The molecule has 0 atom stereocenters. The van der Waals surface area contributed by atoms with Gasteiger partial charge in [-0.3, -0.25) is 0 Å². The van der Waals surface area contributed by atoms with Gasteiger partial charge in [-0.1, -0.05) is 26.8 Å². The summed E-state index contributed by atoms with van der Waals surface area (Å²) in [6, 6.07) is 5.32. The van der Waals surface area contributed by atoms with Gasteiger partial charge in [-0.05, 0) is 61.8 Å². The molecule has 1 aromatic rings. The molecule has 1 aliphatic carbocycles. The Hall–Kier alpha value is -1.09. The minimum Gasteiger partial charge on any atom is -0.487 e. The summed E-state index contributed by atoms with van der Waals surface area (Å²) in [4.78, 5) is 0. The second-order valence-corrected chi connectivity index (χ2v) is 6.79. The van der Waals surface area contributed by atoms with Gasteiger partial charge in [0.1, 0.15) is 0 Å². The molecule has 1 fully saturated rings. The molecule has 21 heavy (non-hydrogen) atoms. The van der Waals surface area contributed by atoms with E-state index in [-0.39, 0.29) is 11.9 Å². The summed E-state index contributed by atoms with van der Waals surface area (Å²) in [5, 5.41) is 3.33. The second-order valence-electron chi connectivity index (χ2n) is 6.79. The Morgan fingerprint density at radius 2 is 1.95 bits per heavy atom. The molecular formula is C18H28FNO. The van der Waals surface area contributed by atoms with Crippen LogP contribution in [-0.2, 0) is 6.54 Å². The highest BCUT2D eigenvalue weighted by molar-refractivity contribution is 5.29. The summed E-state index contributed by atoms with van der Waals surface area (Å²) in [5.41, 5.74) is 0.970. The van der Waals surface area contributed by atoms with Gasteiger partial charge in [0.15, 0.2) is 11.6 Å². The van der Waals surface area contributed by atoms with Crippen molar-refractivity contribution in [3.05, 3.63) is 29.6 Å². The molecule has 1 aliphatic rings. The van der Waals surface area contributed by atoms with E-state index in [2.05, 4.69) is 26.1 Å². The fourth-order valence-corrected chi connectivity index (χ4v) is 2.78. The van der Waals surface area contributed by atoms with E-state index in [9.17, 15) is 4.39 Å². The Morgan fingerprint density at radius 1 is 1.24 bits per heavy atom. The Bertz CT molecular complexity index is 439. The first-order valence-corrected chi connectivity index (χ1v) is 8.20. The molecule has 1 aromatic carbocycles. The number of hydrogen-bond donors (Lipinski definition) is 1. The molecule has 1 saturated carbocycles. The first kappa shape index (κ1) is 16.3. The van der Waals surface area contributed by atoms with Gasteiger partial charge >= 0.3 is 0 Å². The predicted molar refractivity (Wildman–Crippen MR) is 85.0 cm³/mol. The third-order valence-electron chi connectivity index (χ3n) is 4.13. The number of ether oxygens (including phenoxy) is 1. The zero-order valence-electron chi connectivity index (χ0n) is 13.5. The van der Waals surface area contributed by atoms with Gasteiger partial charge < -0.3 is 10.1 Å². The van der Waals surface area contributed by atoms with E-state index >= 15 is 0 Å². The van der Waals surface area contributed by atoms with E-state index in [1.807, 2.05) is 6.07 Å². The lowest BCUT2D eigenvalue weighted by Crippen LogP contribution is -2.23. The molecule has 3 heteroatoms. The molecular weight excluding hydrogens is 265 g/mol. The van der Waals surface area contributed by atoms with Crippen LogP contribution < -0.4 is 10.1 Å². The monoisotopic (exact) mass is 293 g/mol. The number of nitrogens with one attached hydrogen (secondary N) is 1. The van der Waals surface area contributed by atoms with Gasteiger partial charge in [0.2, 0.25) is 0 Å². The topological polar surface area (TPSA) is 21.3 Å². The van der Waals surface area contributed by atoms with Gasteiger partial charge in [0, 0.05) is 6.54 Å². The number of benzene rings is 1. The number of rotatable bonds is 6. The van der Waals surface area contributed by atoms with Crippen molar-refractivity contribution in [2.45, 2.75) is 59.1 Å². The summed E-state index contributed by atoms with van der Waals surface area (Å²) in [6.07, 6.45) is 4.63. The van der Waals surface area contributed by atoms with Gasteiger partial charge in [-0.15, -0.1) is 0 Å². The van der Waals surface area contributed by atoms with Gasteiger partial charge in [0.25, 0.3) is 0 Å². The van der Waals surface area contributed by atoms with Crippen LogP contribution in [0.1, 0.15) is 52.0 Å². The van der Waals surface area contributed by atoms with E-state index in [4.69, 9.17) is 4.74 Å². The summed E-state index contributed by atoms with van der Waals surface area (Å²) in [7, 11) is 0. The molecule has 0 heterocycles. The maximum atomic E-state index is 14.1. The molecule has 2 nitrogen and oxygen atoms in total. The summed E-state index contributed by atoms with van der Waals surface area (Å²) in [5.74, 6) is 1.55. The molecule has 2 rings (SSSR count). The summed E-state index contributed by atoms with van der Waals surface area (Å²) >= 11 is 0. The Balaban J connectivity index is 1.87. The van der Waals surface area contributed by atoms with Crippen LogP contribution in [0.25, 0.3) is 0 Å². The molecule has 0 amide bonds. The van der Waals surface area contributed by atoms with Crippen molar-refractivity contribution in [2.75, 3.05) is 6.54 Å². The lowest BCUT2D eigenvalue weighted by molar-refractivity contribution is 0.130. The van der Waals surface area contributed by atoms with Crippen molar-refractivity contribution in [2.24, 2.45) is 11.8 Å². The largest absolute Gasteiger partial charge is 0.487 e. The number of halogens is 1. The molecule has 0 spiro atoms. The first-order chi connectivity index (χ1) is 10.0. The maximum Gasteiger partial charge on any atom is 0.165 e. The highest BCUT2D eigenvalue weighted by Gasteiger charge is 2.20. The normalized spacial score (nSPS) is 22.5. The van der Waals surface area contributed by atoms with Crippen LogP contribution in [0.15, 0.2) is 18.2 Å². The minimum absolute atomic E-state index is 0.181. The molecule has 118 valence electrons. The van der Waals surface area contributed by atoms with Crippen LogP contribution in [0.4, 0.5) is 4.39 Å². The fraction of sp³-hybridized carbons (Fsp3) is 0.667. The van der Waals surface area contributed by atoms with Crippen molar-refractivity contribution in [3.63, 3.8) is 0 Å². The third-order valence-corrected chi connectivity index (χ3v) is 4.13. The zero-order chi connectivity index (χ0) is 15.2. The lowest BCUT2D eigenvalue weighted by atomic mass is 9.89. The average molecular weight is 293 g/mol. The molecule has 0 radical (unpaired) electrons. The molecule has 0 bridgehead atoms. The average Bonchev–Trinajstić information content (AvgIpc) is 2.44. The van der Waals surface area contributed by atoms with E-state index < -0.39 is 0 Å². The summed E-state index contributed by atoms with van der Waals surface area (Å²) < 4.78 is 20.0. The van der Waals surface area contributed by atoms with Crippen LogP contribution in [0.2, 0.25) is 0 Å². The second kappa shape index (κ2) is 7.79. The Kier molecular flexibility index (Phi) is 6.04. The van der Waals surface area contributed by atoms with Gasteiger partial charge in [-0.2, -0.15) is 0 Å². The van der Waals surface area contributed by atoms with E-state index in [0.29, 0.717) is 18.2 Å². The molecule has 0 aromatic heterocycles. The van der Waals surface area contributed by atoms with Crippen LogP contribution in [0.5, 0.6) is 5.75 Å². The highest BCUT2D eigenvalue weighted by Crippen LogP contribution is 2.28. The van der Waals surface area contributed by atoms with Crippen molar-refractivity contribution >= 4 is 0 Å². The fourth-order valence-electron chi connectivity index (χ4n) is 2.78. The molecule has 0 saturated heterocycles. The van der Waals surface area contributed by atoms with Crippen LogP contribution >= 0.6 is 0 Å². The Labute approximate surface area is 128 Å². The first-order valence-electron chi connectivity index (χ1n) is 8.20. The zero-order valence-corrected chi connectivity index (χ0v) is 13.5. The Morgan fingerprint density at radius 3 is 2.57 bits per heavy atom. The van der Waals surface area contributed by atoms with E-state index in [0.717, 1.165) is 30.9 Å². The highest BCUT2D eigenvalue weighted by atomic mass is 19.1. The predicted octanol–water partition coefficient (Wildman–Crippen LogP) is 4.53. The minimum atomic E-state index is -0.238. The molecule has 0 unspecified atom stereocenters. The maximum absolute atomic E-state index is 14.1. The third kappa shape index (κ3) is 5.31. The van der Waals surface area contributed by atoms with E-state index in [1.165, 1.54) is 12.8 Å². The van der Waals surface area contributed by atoms with Crippen LogP contribution in [0, 0.1) is 17.7 Å². The standard InChI is InChI=1S/C18H28FNO/c1-13(2)11-20-12-15-6-9-18(17(19)10-15)21-16-7-4-14(3)5-8-16/h6,9-10,13-14,16,20H,4-5,7-8,11-12H2,1-3H3. The molecule has 0 aliphatic heterocycles. The quantitative estimate of drug-likeness (QED) is 0.832. The van der Waals surface area contributed by atoms with Gasteiger partial charge in [0.05, 0.1) is 6.10 Å². The van der Waals surface area contributed by atoms with Crippen molar-refractivity contribution in [1.82, 2.24) is 5.32 Å².